The Balaban J connectivity index is 0.00000240. The molecule has 6 heteroatoms. The second-order valence-corrected chi connectivity index (χ2v) is 7.51. The standard InChI is InChI=1S/C23H29N3O2.ClH/c1-4-27-18-11-9-17(10-12-18)16(2)26(3)15-20-19-7-5-13-24-23(19)25-22(20)21-8-6-14-28-21;/h5,7,9-13,16,21H,4,6,8,14-15H2,1-3H3,(H,24,25);1H/t16?,21-;/m1./s1. The van der Waals surface area contributed by atoms with Crippen molar-refractivity contribution >= 4 is 23.4 Å². The highest BCUT2D eigenvalue weighted by atomic mass is 35.5. The number of halogens is 1. The fraction of sp³-hybridized carbons (Fsp3) is 0.435. The summed E-state index contributed by atoms with van der Waals surface area (Å²) in [6.07, 6.45) is 4.18. The zero-order chi connectivity index (χ0) is 19.5. The third-order valence-corrected chi connectivity index (χ3v) is 5.70. The molecule has 4 rings (SSSR count). The van der Waals surface area contributed by atoms with Crippen LogP contribution in [0.5, 0.6) is 5.75 Å². The number of aromatic nitrogens is 2. The molecule has 1 unspecified atom stereocenters. The van der Waals surface area contributed by atoms with Crippen molar-refractivity contribution in [1.29, 1.82) is 0 Å². The quantitative estimate of drug-likeness (QED) is 0.559. The van der Waals surface area contributed by atoms with E-state index in [-0.39, 0.29) is 24.6 Å². The molecule has 1 aromatic carbocycles. The van der Waals surface area contributed by atoms with Crippen molar-refractivity contribution in [2.75, 3.05) is 20.3 Å². The van der Waals surface area contributed by atoms with Crippen molar-refractivity contribution in [3.8, 4) is 5.75 Å². The number of rotatable bonds is 7. The fourth-order valence-corrected chi connectivity index (χ4v) is 4.00. The molecule has 156 valence electrons. The van der Waals surface area contributed by atoms with E-state index in [0.29, 0.717) is 6.61 Å². The van der Waals surface area contributed by atoms with Crippen LogP contribution < -0.4 is 4.74 Å². The van der Waals surface area contributed by atoms with Gasteiger partial charge in [0.2, 0.25) is 0 Å². The molecule has 1 saturated heterocycles. The van der Waals surface area contributed by atoms with Gasteiger partial charge in [-0.3, -0.25) is 4.90 Å². The third-order valence-electron chi connectivity index (χ3n) is 5.70. The summed E-state index contributed by atoms with van der Waals surface area (Å²) in [5, 5.41) is 1.19. The highest BCUT2D eigenvalue weighted by Crippen LogP contribution is 2.35. The van der Waals surface area contributed by atoms with E-state index in [4.69, 9.17) is 9.47 Å². The molecule has 0 radical (unpaired) electrons. The van der Waals surface area contributed by atoms with Crippen molar-refractivity contribution in [2.24, 2.45) is 0 Å². The lowest BCUT2D eigenvalue weighted by Gasteiger charge is -2.26. The summed E-state index contributed by atoms with van der Waals surface area (Å²) in [6.45, 7) is 6.62. The van der Waals surface area contributed by atoms with Gasteiger partial charge >= 0.3 is 0 Å². The van der Waals surface area contributed by atoms with Gasteiger partial charge in [0.25, 0.3) is 0 Å². The van der Waals surface area contributed by atoms with E-state index < -0.39 is 0 Å². The minimum Gasteiger partial charge on any atom is -0.494 e. The summed E-state index contributed by atoms with van der Waals surface area (Å²) in [6, 6.07) is 12.9. The van der Waals surface area contributed by atoms with Crippen LogP contribution in [-0.2, 0) is 11.3 Å². The molecule has 1 N–H and O–H groups in total. The van der Waals surface area contributed by atoms with Crippen molar-refractivity contribution in [3.05, 3.63) is 59.4 Å². The molecule has 1 fully saturated rings. The Kier molecular flexibility index (Phi) is 7.17. The maximum atomic E-state index is 5.98. The lowest BCUT2D eigenvalue weighted by molar-refractivity contribution is 0.107. The van der Waals surface area contributed by atoms with E-state index in [1.165, 1.54) is 22.2 Å². The zero-order valence-corrected chi connectivity index (χ0v) is 18.2. The average molecular weight is 416 g/mol. The van der Waals surface area contributed by atoms with Crippen LogP contribution in [-0.4, -0.2) is 35.1 Å². The number of ether oxygens (including phenoxy) is 2. The number of fused-ring (bicyclic) bond motifs is 1. The number of nitrogens with one attached hydrogen (secondary N) is 1. The molecule has 0 saturated carbocycles. The third kappa shape index (κ3) is 4.58. The predicted molar refractivity (Wildman–Crippen MR) is 119 cm³/mol. The maximum absolute atomic E-state index is 5.98. The van der Waals surface area contributed by atoms with Gasteiger partial charge in [0.15, 0.2) is 0 Å². The number of benzene rings is 1. The molecule has 3 aromatic rings. The monoisotopic (exact) mass is 415 g/mol. The molecule has 29 heavy (non-hydrogen) atoms. The van der Waals surface area contributed by atoms with Crippen LogP contribution in [0.1, 0.15) is 55.7 Å². The van der Waals surface area contributed by atoms with Gasteiger partial charge in [-0.1, -0.05) is 12.1 Å². The first kappa shape index (κ1) is 21.6. The lowest BCUT2D eigenvalue weighted by atomic mass is 10.0. The lowest BCUT2D eigenvalue weighted by Crippen LogP contribution is -2.22. The highest BCUT2D eigenvalue weighted by molar-refractivity contribution is 5.85. The summed E-state index contributed by atoms with van der Waals surface area (Å²) < 4.78 is 11.5. The first-order valence-electron chi connectivity index (χ1n) is 10.2. The predicted octanol–water partition coefficient (Wildman–Crippen LogP) is 5.43. The SMILES string of the molecule is CCOc1ccc(C(C)N(C)Cc2c([C@H]3CCCO3)[nH]c3ncccc23)cc1.Cl. The Hall–Kier alpha value is -2.08. The average Bonchev–Trinajstić information content (AvgIpc) is 3.36. The Morgan fingerprint density at radius 2 is 2.07 bits per heavy atom. The molecule has 0 spiro atoms. The fourth-order valence-electron chi connectivity index (χ4n) is 4.00. The molecule has 2 atom stereocenters. The second-order valence-electron chi connectivity index (χ2n) is 7.51. The second kappa shape index (κ2) is 9.61. The van der Waals surface area contributed by atoms with Crippen LogP contribution in [0, 0.1) is 0 Å². The Labute approximate surface area is 178 Å². The molecule has 5 nitrogen and oxygen atoms in total. The minimum absolute atomic E-state index is 0. The largest absolute Gasteiger partial charge is 0.494 e. The van der Waals surface area contributed by atoms with E-state index >= 15 is 0 Å². The molecule has 0 bridgehead atoms. The number of pyridine rings is 1. The van der Waals surface area contributed by atoms with E-state index in [2.05, 4.69) is 59.2 Å². The van der Waals surface area contributed by atoms with E-state index in [1.807, 2.05) is 19.2 Å². The van der Waals surface area contributed by atoms with Gasteiger partial charge in [-0.25, -0.2) is 4.98 Å². The summed E-state index contributed by atoms with van der Waals surface area (Å²) in [5.41, 5.74) is 4.72. The summed E-state index contributed by atoms with van der Waals surface area (Å²) >= 11 is 0. The number of hydrogen-bond donors (Lipinski definition) is 1. The van der Waals surface area contributed by atoms with Gasteiger partial charge in [0, 0.05) is 30.8 Å². The van der Waals surface area contributed by atoms with Gasteiger partial charge < -0.3 is 14.5 Å². The Morgan fingerprint density at radius 3 is 2.76 bits per heavy atom. The molecule has 2 aromatic heterocycles. The molecular weight excluding hydrogens is 386 g/mol. The van der Waals surface area contributed by atoms with Gasteiger partial charge in [0.05, 0.1) is 18.4 Å². The van der Waals surface area contributed by atoms with Crippen molar-refractivity contribution in [3.63, 3.8) is 0 Å². The first-order valence-corrected chi connectivity index (χ1v) is 10.2. The maximum Gasteiger partial charge on any atom is 0.137 e. The summed E-state index contributed by atoms with van der Waals surface area (Å²) in [4.78, 5) is 10.4. The Morgan fingerprint density at radius 1 is 1.28 bits per heavy atom. The highest BCUT2D eigenvalue weighted by Gasteiger charge is 2.26. The van der Waals surface area contributed by atoms with E-state index in [9.17, 15) is 0 Å². The van der Waals surface area contributed by atoms with Crippen LogP contribution >= 0.6 is 12.4 Å². The molecule has 0 aliphatic carbocycles. The molecule has 3 heterocycles. The number of hydrogen-bond acceptors (Lipinski definition) is 4. The van der Waals surface area contributed by atoms with Crippen molar-refractivity contribution in [2.45, 2.75) is 45.4 Å². The van der Waals surface area contributed by atoms with E-state index in [1.54, 1.807) is 0 Å². The number of H-pyrrole nitrogens is 1. The van der Waals surface area contributed by atoms with E-state index in [0.717, 1.165) is 37.4 Å². The summed E-state index contributed by atoms with van der Waals surface area (Å²) in [7, 11) is 2.18. The zero-order valence-electron chi connectivity index (χ0n) is 17.4. The minimum atomic E-state index is 0. The Bertz CT molecular complexity index is 920. The summed E-state index contributed by atoms with van der Waals surface area (Å²) in [5.74, 6) is 0.921. The van der Waals surface area contributed by atoms with Crippen LogP contribution in [0.4, 0.5) is 0 Å². The molecule has 1 aliphatic heterocycles. The van der Waals surface area contributed by atoms with Gasteiger partial charge in [-0.2, -0.15) is 0 Å². The normalized spacial score (nSPS) is 17.4. The van der Waals surface area contributed by atoms with Crippen LogP contribution in [0.15, 0.2) is 42.6 Å². The van der Waals surface area contributed by atoms with Crippen LogP contribution in [0.3, 0.4) is 0 Å². The molecular formula is C23H30ClN3O2. The van der Waals surface area contributed by atoms with Crippen LogP contribution in [0.2, 0.25) is 0 Å². The smallest absolute Gasteiger partial charge is 0.137 e. The number of aromatic amines is 1. The van der Waals surface area contributed by atoms with Gasteiger partial charge in [-0.05, 0) is 69.1 Å². The van der Waals surface area contributed by atoms with Crippen molar-refractivity contribution in [1.82, 2.24) is 14.9 Å². The topological polar surface area (TPSA) is 50.4 Å². The van der Waals surface area contributed by atoms with Crippen LogP contribution in [0.25, 0.3) is 11.0 Å². The first-order chi connectivity index (χ1) is 13.7. The van der Waals surface area contributed by atoms with Gasteiger partial charge in [0.1, 0.15) is 11.4 Å². The molecule has 1 aliphatic rings. The van der Waals surface area contributed by atoms with Gasteiger partial charge in [-0.15, -0.1) is 12.4 Å². The van der Waals surface area contributed by atoms with Crippen molar-refractivity contribution < 1.29 is 9.47 Å². The molecule has 0 amide bonds. The number of nitrogens with zero attached hydrogens (tertiary/aromatic N) is 2.